The molecule has 3 rings (SSSR count). The average Bonchev–Trinajstić information content (AvgIpc) is 2.69. The third-order valence-electron chi connectivity index (χ3n) is 4.16. The van der Waals surface area contributed by atoms with Crippen LogP contribution in [0.25, 0.3) is 0 Å². The third kappa shape index (κ3) is 5.51. The van der Waals surface area contributed by atoms with Crippen molar-refractivity contribution >= 4 is 17.4 Å². The van der Waals surface area contributed by atoms with Gasteiger partial charge in [-0.2, -0.15) is 0 Å². The molecule has 0 aliphatic heterocycles. The highest BCUT2D eigenvalue weighted by molar-refractivity contribution is 5.95. The number of anilines is 1. The average molecular weight is 377 g/mol. The fraction of sp³-hybridized carbons (Fsp3) is 0.130. The molecule has 0 spiro atoms. The zero-order chi connectivity index (χ0) is 19.9. The van der Waals surface area contributed by atoms with Crippen molar-refractivity contribution in [3.8, 4) is 11.5 Å². The van der Waals surface area contributed by atoms with Gasteiger partial charge in [0.05, 0.1) is 0 Å². The molecule has 0 aromatic heterocycles. The second-order valence-corrected chi connectivity index (χ2v) is 6.39. The molecular formula is C23H20FNO3. The number of ketones is 1. The van der Waals surface area contributed by atoms with Crippen molar-refractivity contribution in [2.75, 3.05) is 5.32 Å². The molecule has 3 aromatic carbocycles. The number of hydrogen-bond acceptors (Lipinski definition) is 3. The smallest absolute Gasteiger partial charge is 0.224 e. The van der Waals surface area contributed by atoms with Crippen molar-refractivity contribution in [1.82, 2.24) is 0 Å². The fourth-order valence-corrected chi connectivity index (χ4v) is 2.67. The molecule has 0 unspecified atom stereocenters. The molecule has 3 aromatic rings. The molecule has 0 aliphatic rings. The Labute approximate surface area is 163 Å². The summed E-state index contributed by atoms with van der Waals surface area (Å²) in [6, 6.07) is 20.1. The van der Waals surface area contributed by atoms with Gasteiger partial charge < -0.3 is 10.1 Å². The molecular weight excluding hydrogens is 357 g/mol. The Morgan fingerprint density at radius 2 is 1.64 bits per heavy atom. The number of amides is 1. The summed E-state index contributed by atoms with van der Waals surface area (Å²) in [5.74, 6) is 0.735. The van der Waals surface area contributed by atoms with E-state index in [1.165, 1.54) is 19.1 Å². The standard InChI is InChI=1S/C23H20FNO3/c1-16(26)18-6-10-20(11-7-18)25-23(27)14-5-17-3-2-4-22(15-17)28-21-12-8-19(24)9-13-21/h2-4,6-13,15H,5,14H2,1H3,(H,25,27). The van der Waals surface area contributed by atoms with Crippen LogP contribution in [-0.2, 0) is 11.2 Å². The highest BCUT2D eigenvalue weighted by Crippen LogP contribution is 2.23. The first-order valence-electron chi connectivity index (χ1n) is 8.93. The van der Waals surface area contributed by atoms with Gasteiger partial charge in [-0.25, -0.2) is 4.39 Å². The Morgan fingerprint density at radius 1 is 0.929 bits per heavy atom. The molecule has 0 saturated heterocycles. The van der Waals surface area contributed by atoms with Crippen molar-refractivity contribution in [1.29, 1.82) is 0 Å². The van der Waals surface area contributed by atoms with Crippen LogP contribution < -0.4 is 10.1 Å². The normalized spacial score (nSPS) is 10.4. The second kappa shape index (κ2) is 8.95. The zero-order valence-corrected chi connectivity index (χ0v) is 15.4. The number of benzene rings is 3. The van der Waals surface area contributed by atoms with Gasteiger partial charge in [0.15, 0.2) is 5.78 Å². The fourth-order valence-electron chi connectivity index (χ4n) is 2.67. The number of halogens is 1. The van der Waals surface area contributed by atoms with Crippen LogP contribution in [0.2, 0.25) is 0 Å². The summed E-state index contributed by atoms with van der Waals surface area (Å²) in [6.07, 6.45) is 0.868. The highest BCUT2D eigenvalue weighted by Gasteiger charge is 2.06. The molecule has 4 nitrogen and oxygen atoms in total. The Morgan fingerprint density at radius 3 is 2.32 bits per heavy atom. The summed E-state index contributed by atoms with van der Waals surface area (Å²) >= 11 is 0. The minimum atomic E-state index is -0.317. The molecule has 0 fully saturated rings. The molecule has 1 amide bonds. The van der Waals surface area contributed by atoms with Gasteiger partial charge in [0.25, 0.3) is 0 Å². The van der Waals surface area contributed by atoms with E-state index in [1.807, 2.05) is 24.3 Å². The molecule has 0 saturated carbocycles. The van der Waals surface area contributed by atoms with E-state index in [1.54, 1.807) is 36.4 Å². The molecule has 0 aliphatic carbocycles. The van der Waals surface area contributed by atoms with Gasteiger partial charge in [-0.05, 0) is 79.6 Å². The minimum Gasteiger partial charge on any atom is -0.457 e. The number of carbonyl (C=O) groups is 2. The Kier molecular flexibility index (Phi) is 6.17. The molecule has 28 heavy (non-hydrogen) atoms. The van der Waals surface area contributed by atoms with Gasteiger partial charge in [0.1, 0.15) is 17.3 Å². The summed E-state index contributed by atoms with van der Waals surface area (Å²) in [5.41, 5.74) is 2.22. The monoisotopic (exact) mass is 377 g/mol. The molecule has 0 heterocycles. The van der Waals surface area contributed by atoms with Crippen LogP contribution in [0.1, 0.15) is 29.3 Å². The number of carbonyl (C=O) groups excluding carboxylic acids is 2. The second-order valence-electron chi connectivity index (χ2n) is 6.39. The Hall–Kier alpha value is -3.47. The van der Waals surface area contributed by atoms with E-state index in [2.05, 4.69) is 5.32 Å². The zero-order valence-electron chi connectivity index (χ0n) is 15.4. The molecule has 0 radical (unpaired) electrons. The quantitative estimate of drug-likeness (QED) is 0.562. The van der Waals surface area contributed by atoms with E-state index in [9.17, 15) is 14.0 Å². The lowest BCUT2D eigenvalue weighted by Crippen LogP contribution is -2.12. The number of nitrogens with one attached hydrogen (secondary N) is 1. The molecule has 5 heteroatoms. The first-order valence-corrected chi connectivity index (χ1v) is 8.93. The lowest BCUT2D eigenvalue weighted by atomic mass is 10.1. The van der Waals surface area contributed by atoms with Crippen molar-refractivity contribution in [3.63, 3.8) is 0 Å². The lowest BCUT2D eigenvalue weighted by molar-refractivity contribution is -0.116. The maximum absolute atomic E-state index is 13.0. The summed E-state index contributed by atoms with van der Waals surface area (Å²) in [7, 11) is 0. The van der Waals surface area contributed by atoms with Gasteiger partial charge in [-0.1, -0.05) is 12.1 Å². The van der Waals surface area contributed by atoms with Crippen LogP contribution in [0.5, 0.6) is 11.5 Å². The third-order valence-corrected chi connectivity index (χ3v) is 4.16. The van der Waals surface area contributed by atoms with Gasteiger partial charge in [0.2, 0.25) is 5.91 Å². The van der Waals surface area contributed by atoms with Gasteiger partial charge in [0, 0.05) is 17.7 Å². The molecule has 142 valence electrons. The van der Waals surface area contributed by atoms with Crippen molar-refractivity contribution in [2.24, 2.45) is 0 Å². The van der Waals surface area contributed by atoms with E-state index < -0.39 is 0 Å². The van der Waals surface area contributed by atoms with Crippen molar-refractivity contribution in [2.45, 2.75) is 19.8 Å². The predicted octanol–water partition coefficient (Wildman–Crippen LogP) is 5.39. The predicted molar refractivity (Wildman–Crippen MR) is 106 cm³/mol. The minimum absolute atomic E-state index is 0.0133. The molecule has 0 atom stereocenters. The topological polar surface area (TPSA) is 55.4 Å². The highest BCUT2D eigenvalue weighted by atomic mass is 19.1. The maximum Gasteiger partial charge on any atom is 0.224 e. The van der Waals surface area contributed by atoms with Crippen molar-refractivity contribution < 1.29 is 18.7 Å². The SMILES string of the molecule is CC(=O)c1ccc(NC(=O)CCc2cccc(Oc3ccc(F)cc3)c2)cc1. The number of hydrogen-bond donors (Lipinski definition) is 1. The van der Waals surface area contributed by atoms with Crippen LogP contribution in [0.4, 0.5) is 10.1 Å². The van der Waals surface area contributed by atoms with E-state index in [0.717, 1.165) is 5.56 Å². The maximum atomic E-state index is 13.0. The number of ether oxygens (including phenoxy) is 1. The number of aryl methyl sites for hydroxylation is 1. The Bertz CT molecular complexity index is 966. The summed E-state index contributed by atoms with van der Waals surface area (Å²) in [5, 5.41) is 2.82. The number of Topliss-reactive ketones (excluding diaryl/α,β-unsaturated/α-hetero) is 1. The molecule has 0 bridgehead atoms. The lowest BCUT2D eigenvalue weighted by Gasteiger charge is -2.09. The van der Waals surface area contributed by atoms with E-state index in [0.29, 0.717) is 35.6 Å². The molecule has 1 N–H and O–H groups in total. The first kappa shape index (κ1) is 19.3. The largest absolute Gasteiger partial charge is 0.457 e. The summed E-state index contributed by atoms with van der Waals surface area (Å²) in [4.78, 5) is 23.4. The van der Waals surface area contributed by atoms with Crippen LogP contribution in [0.15, 0.2) is 72.8 Å². The van der Waals surface area contributed by atoms with Crippen LogP contribution in [0.3, 0.4) is 0 Å². The first-order chi connectivity index (χ1) is 13.5. The number of rotatable bonds is 7. The van der Waals surface area contributed by atoms with Gasteiger partial charge >= 0.3 is 0 Å². The van der Waals surface area contributed by atoms with Gasteiger partial charge in [-0.15, -0.1) is 0 Å². The van der Waals surface area contributed by atoms with Crippen LogP contribution in [0, 0.1) is 5.82 Å². The van der Waals surface area contributed by atoms with Crippen molar-refractivity contribution in [3.05, 3.63) is 89.7 Å². The van der Waals surface area contributed by atoms with E-state index in [4.69, 9.17) is 4.74 Å². The Balaban J connectivity index is 1.54. The summed E-state index contributed by atoms with van der Waals surface area (Å²) in [6.45, 7) is 1.50. The van der Waals surface area contributed by atoms with E-state index >= 15 is 0 Å². The van der Waals surface area contributed by atoms with Gasteiger partial charge in [-0.3, -0.25) is 9.59 Å². The summed E-state index contributed by atoms with van der Waals surface area (Å²) < 4.78 is 18.7. The van der Waals surface area contributed by atoms with Crippen LogP contribution in [-0.4, -0.2) is 11.7 Å². The van der Waals surface area contributed by atoms with E-state index in [-0.39, 0.29) is 17.5 Å². The van der Waals surface area contributed by atoms with Crippen LogP contribution >= 0.6 is 0 Å².